The van der Waals surface area contributed by atoms with Gasteiger partial charge in [-0.1, -0.05) is 27.2 Å². The highest BCUT2D eigenvalue weighted by Crippen LogP contribution is 2.44. The van der Waals surface area contributed by atoms with E-state index in [0.29, 0.717) is 59.7 Å². The Morgan fingerprint density at radius 2 is 2.00 bits per heavy atom. The fourth-order valence-electron chi connectivity index (χ4n) is 5.20. The number of aromatic nitrogens is 4. The number of likely N-dealkylation sites (N-methyl/N-ethyl adjacent to an activating group) is 1. The summed E-state index contributed by atoms with van der Waals surface area (Å²) in [5.41, 5.74) is 14.7. The number of aryl methyl sites for hydroxylation is 1. The van der Waals surface area contributed by atoms with Crippen molar-refractivity contribution in [3.8, 4) is 24.8 Å². The maximum Gasteiger partial charge on any atom is 0.228 e. The number of hydrogen-bond donors (Lipinski definition) is 3. The summed E-state index contributed by atoms with van der Waals surface area (Å²) in [6.07, 6.45) is 15.6. The Balaban J connectivity index is 0.00000259. The molecule has 5 N–H and O–H groups in total. The van der Waals surface area contributed by atoms with Gasteiger partial charge in [-0.15, -0.1) is 24.2 Å². The van der Waals surface area contributed by atoms with Gasteiger partial charge in [0.25, 0.3) is 0 Å². The Morgan fingerprint density at radius 1 is 1.27 bits per heavy atom. The third-order valence-electron chi connectivity index (χ3n) is 7.61. The van der Waals surface area contributed by atoms with E-state index in [-0.39, 0.29) is 23.3 Å². The van der Waals surface area contributed by atoms with Crippen molar-refractivity contribution in [2.24, 2.45) is 5.73 Å². The maximum absolute atomic E-state index is 14.2. The molecule has 3 aromatic heterocycles. The van der Waals surface area contributed by atoms with E-state index >= 15 is 0 Å². The number of hydrogen-bond acceptors (Lipinski definition) is 12. The molecule has 2 atom stereocenters. The summed E-state index contributed by atoms with van der Waals surface area (Å²) >= 11 is 1.40. The lowest BCUT2D eigenvalue weighted by molar-refractivity contribution is -0.117. The fraction of sp³-hybridized carbons (Fsp3) is 0.438. The zero-order chi connectivity index (χ0) is 32.2. The third-order valence-corrected chi connectivity index (χ3v) is 8.71. The van der Waals surface area contributed by atoms with Crippen LogP contribution in [0.1, 0.15) is 80.6 Å². The van der Waals surface area contributed by atoms with E-state index in [4.69, 9.17) is 16.2 Å². The molecule has 0 spiro atoms. The number of rotatable bonds is 13. The SMILES string of the molecule is C#C.CCC/C(C(=O)[C@H]1CCCc2sc(N)c(C#N)c21)=C(/N)c1nc(Nc2ncccn2)cc(OC[C@H](CC)N(C)CC)n1. The molecule has 12 heteroatoms. The average Bonchev–Trinajstić information content (AvgIpc) is 3.39. The summed E-state index contributed by atoms with van der Waals surface area (Å²) in [7, 11) is 2.06. The van der Waals surface area contributed by atoms with Crippen LogP contribution in [0.2, 0.25) is 0 Å². The van der Waals surface area contributed by atoms with Gasteiger partial charge in [-0.25, -0.2) is 15.0 Å². The second-order valence-electron chi connectivity index (χ2n) is 10.3. The minimum Gasteiger partial charge on any atom is -0.476 e. The third kappa shape index (κ3) is 7.90. The average molecular weight is 616 g/mol. The molecule has 0 saturated carbocycles. The number of terminal acetylenes is 1. The molecule has 4 rings (SSSR count). The number of nitrogens with zero attached hydrogens (tertiary/aromatic N) is 6. The van der Waals surface area contributed by atoms with Gasteiger partial charge in [0.1, 0.15) is 23.5 Å². The summed E-state index contributed by atoms with van der Waals surface area (Å²) in [6.45, 7) is 7.52. The smallest absolute Gasteiger partial charge is 0.228 e. The predicted octanol–water partition coefficient (Wildman–Crippen LogP) is 5.04. The second-order valence-corrected chi connectivity index (χ2v) is 11.4. The molecule has 232 valence electrons. The van der Waals surface area contributed by atoms with Gasteiger partial charge in [-0.2, -0.15) is 10.2 Å². The van der Waals surface area contributed by atoms with Gasteiger partial charge >= 0.3 is 0 Å². The number of nitrogen functional groups attached to an aromatic ring is 1. The zero-order valence-corrected chi connectivity index (χ0v) is 26.7. The van der Waals surface area contributed by atoms with Crippen LogP contribution in [0.3, 0.4) is 0 Å². The van der Waals surface area contributed by atoms with Gasteiger partial charge in [0.15, 0.2) is 11.6 Å². The summed E-state index contributed by atoms with van der Waals surface area (Å²) in [5.74, 6) is 0.650. The van der Waals surface area contributed by atoms with Crippen molar-refractivity contribution >= 4 is 39.6 Å². The number of nitrogens with two attached hydrogens (primary N) is 2. The Hall–Kier alpha value is -4.52. The highest BCUT2D eigenvalue weighted by Gasteiger charge is 2.34. The van der Waals surface area contributed by atoms with Crippen LogP contribution in [0, 0.1) is 24.2 Å². The molecule has 3 heterocycles. The molecule has 0 bridgehead atoms. The molecule has 44 heavy (non-hydrogen) atoms. The van der Waals surface area contributed by atoms with Crippen molar-refractivity contribution in [3.05, 3.63) is 51.9 Å². The van der Waals surface area contributed by atoms with Crippen LogP contribution in [0.25, 0.3) is 5.70 Å². The van der Waals surface area contributed by atoms with Gasteiger partial charge in [0.2, 0.25) is 11.8 Å². The van der Waals surface area contributed by atoms with E-state index in [1.807, 2.05) is 6.92 Å². The van der Waals surface area contributed by atoms with E-state index in [9.17, 15) is 10.1 Å². The number of carbonyl (C=O) groups excluding carboxylic acids is 1. The molecular weight excluding hydrogens is 574 g/mol. The van der Waals surface area contributed by atoms with E-state index in [2.05, 4.69) is 70.0 Å². The quantitative estimate of drug-likeness (QED) is 0.174. The van der Waals surface area contributed by atoms with E-state index in [1.165, 1.54) is 11.3 Å². The number of allylic oxidation sites excluding steroid dienone is 1. The summed E-state index contributed by atoms with van der Waals surface area (Å²) in [5, 5.41) is 13.4. The van der Waals surface area contributed by atoms with Crippen molar-refractivity contribution in [2.75, 3.05) is 31.2 Å². The lowest BCUT2D eigenvalue weighted by atomic mass is 9.79. The number of ether oxygens (including phenoxy) is 1. The minimum atomic E-state index is -0.485. The Morgan fingerprint density at radius 3 is 2.64 bits per heavy atom. The van der Waals surface area contributed by atoms with Crippen LogP contribution in [-0.4, -0.2) is 56.9 Å². The molecular formula is C32H41N9O2S. The molecule has 11 nitrogen and oxygen atoms in total. The van der Waals surface area contributed by atoms with Crippen molar-refractivity contribution < 1.29 is 9.53 Å². The monoisotopic (exact) mass is 615 g/mol. The Labute approximate surface area is 263 Å². The normalized spacial score (nSPS) is 15.2. The number of carbonyl (C=O) groups is 1. The summed E-state index contributed by atoms with van der Waals surface area (Å²) < 4.78 is 6.16. The summed E-state index contributed by atoms with van der Waals surface area (Å²) in [4.78, 5) is 35.1. The first-order valence-electron chi connectivity index (χ1n) is 14.7. The van der Waals surface area contributed by atoms with Crippen molar-refractivity contribution in [1.82, 2.24) is 24.8 Å². The minimum absolute atomic E-state index is 0.115. The summed E-state index contributed by atoms with van der Waals surface area (Å²) in [6, 6.07) is 5.81. The predicted molar refractivity (Wildman–Crippen MR) is 175 cm³/mol. The first-order valence-corrected chi connectivity index (χ1v) is 15.6. The molecule has 0 aliphatic heterocycles. The van der Waals surface area contributed by atoms with Gasteiger partial charge in [0.05, 0.1) is 11.3 Å². The van der Waals surface area contributed by atoms with E-state index in [1.54, 1.807) is 24.5 Å². The topological polar surface area (TPSA) is 169 Å². The largest absolute Gasteiger partial charge is 0.476 e. The number of thiophene rings is 1. The number of fused-ring (bicyclic) bond motifs is 1. The molecule has 0 radical (unpaired) electrons. The number of nitriles is 1. The molecule has 0 unspecified atom stereocenters. The lowest BCUT2D eigenvalue weighted by Crippen LogP contribution is -2.36. The molecule has 0 fully saturated rings. The highest BCUT2D eigenvalue weighted by atomic mass is 32.1. The highest BCUT2D eigenvalue weighted by molar-refractivity contribution is 7.16. The first kappa shape index (κ1) is 34.0. The molecule has 0 amide bonds. The van der Waals surface area contributed by atoms with Crippen LogP contribution < -0.4 is 21.5 Å². The lowest BCUT2D eigenvalue weighted by Gasteiger charge is -2.25. The van der Waals surface area contributed by atoms with Gasteiger partial charge < -0.3 is 26.4 Å². The molecule has 1 aliphatic carbocycles. The standard InChI is InChI=1S/C30H39N9O2S.C2H2/c1-5-10-20(27(40)19-11-8-12-22-25(19)21(16-31)28(33)42-22)26(32)29-36-23(37-30-34-13-9-14-35-30)15-24(38-29)41-17-18(6-2)39(4)7-3;1-2/h9,13-15,18-19H,5-8,10-12,17,32-33H2,1-4H3,(H,34,35,36,37,38);1-2H/b26-20-;/t18-,19-;/m0./s1. The molecule has 0 aromatic carbocycles. The van der Waals surface area contributed by atoms with Gasteiger partial charge in [-0.05, 0) is 57.3 Å². The first-order chi connectivity index (χ1) is 21.3. The number of nitrogens with one attached hydrogen (secondary N) is 1. The van der Waals surface area contributed by atoms with E-state index in [0.717, 1.165) is 36.2 Å². The molecule has 0 saturated heterocycles. The van der Waals surface area contributed by atoms with Crippen LogP contribution in [0.15, 0.2) is 30.1 Å². The van der Waals surface area contributed by atoms with E-state index < -0.39 is 5.92 Å². The van der Waals surface area contributed by atoms with Crippen LogP contribution in [0.5, 0.6) is 5.88 Å². The van der Waals surface area contributed by atoms with Crippen LogP contribution in [0.4, 0.5) is 16.8 Å². The molecule has 1 aliphatic rings. The fourth-order valence-corrected chi connectivity index (χ4v) is 6.32. The molecule has 3 aromatic rings. The second kappa shape index (κ2) is 16.4. The Kier molecular flexibility index (Phi) is 12.6. The zero-order valence-electron chi connectivity index (χ0n) is 25.8. The number of ketones is 1. The van der Waals surface area contributed by atoms with Crippen LogP contribution >= 0.6 is 11.3 Å². The number of Topliss-reactive ketones (excluding diaryl/α,β-unsaturated/α-hetero) is 1. The van der Waals surface area contributed by atoms with Crippen LogP contribution in [-0.2, 0) is 11.2 Å². The van der Waals surface area contributed by atoms with Gasteiger partial charge in [-0.3, -0.25) is 4.79 Å². The van der Waals surface area contributed by atoms with Crippen molar-refractivity contribution in [3.63, 3.8) is 0 Å². The van der Waals surface area contributed by atoms with Crippen molar-refractivity contribution in [1.29, 1.82) is 5.26 Å². The van der Waals surface area contributed by atoms with Gasteiger partial charge in [0, 0.05) is 40.9 Å². The Bertz CT molecular complexity index is 1510. The maximum atomic E-state index is 14.2. The van der Waals surface area contributed by atoms with Crippen molar-refractivity contribution in [2.45, 2.75) is 71.3 Å². The number of anilines is 3.